The SMILES string of the molecule is CC1CCCCC1NC(=O)CSc1ccccn1. The molecule has 2 unspecified atom stereocenters. The smallest absolute Gasteiger partial charge is 0.230 e. The van der Waals surface area contributed by atoms with Crippen LogP contribution >= 0.6 is 11.8 Å². The Labute approximate surface area is 113 Å². The van der Waals surface area contributed by atoms with E-state index >= 15 is 0 Å². The number of thioether (sulfide) groups is 1. The Balaban J connectivity index is 1.75. The van der Waals surface area contributed by atoms with Crippen LogP contribution in [0.25, 0.3) is 0 Å². The van der Waals surface area contributed by atoms with E-state index in [9.17, 15) is 4.79 Å². The minimum absolute atomic E-state index is 0.129. The van der Waals surface area contributed by atoms with Gasteiger partial charge in [-0.1, -0.05) is 37.6 Å². The second-order valence-corrected chi connectivity index (χ2v) is 5.89. The molecule has 2 atom stereocenters. The lowest BCUT2D eigenvalue weighted by molar-refractivity contribution is -0.119. The van der Waals surface area contributed by atoms with Crippen LogP contribution in [0.5, 0.6) is 0 Å². The quantitative estimate of drug-likeness (QED) is 0.850. The third-order valence-corrected chi connectivity index (χ3v) is 4.39. The second kappa shape index (κ2) is 6.78. The van der Waals surface area contributed by atoms with Gasteiger partial charge < -0.3 is 5.32 Å². The van der Waals surface area contributed by atoms with Crippen LogP contribution in [0, 0.1) is 5.92 Å². The lowest BCUT2D eigenvalue weighted by Gasteiger charge is -2.29. The highest BCUT2D eigenvalue weighted by molar-refractivity contribution is 7.99. The zero-order valence-electron chi connectivity index (χ0n) is 10.8. The summed E-state index contributed by atoms with van der Waals surface area (Å²) in [6.45, 7) is 2.23. The van der Waals surface area contributed by atoms with Crippen molar-refractivity contribution in [2.45, 2.75) is 43.7 Å². The number of nitrogens with zero attached hydrogens (tertiary/aromatic N) is 1. The molecule has 1 aliphatic rings. The summed E-state index contributed by atoms with van der Waals surface area (Å²) in [7, 11) is 0. The standard InChI is InChI=1S/C14H20N2OS/c1-11-6-2-3-7-12(11)16-13(17)10-18-14-8-4-5-9-15-14/h4-5,8-9,11-12H,2-3,6-7,10H2,1H3,(H,16,17). The molecule has 1 aliphatic carbocycles. The number of pyridine rings is 1. The van der Waals surface area contributed by atoms with Gasteiger partial charge in [-0.2, -0.15) is 0 Å². The van der Waals surface area contributed by atoms with Gasteiger partial charge in [0.1, 0.15) is 0 Å². The summed E-state index contributed by atoms with van der Waals surface area (Å²) in [5.41, 5.74) is 0. The van der Waals surface area contributed by atoms with Gasteiger partial charge >= 0.3 is 0 Å². The van der Waals surface area contributed by atoms with E-state index in [-0.39, 0.29) is 5.91 Å². The van der Waals surface area contributed by atoms with E-state index in [0.29, 0.717) is 17.7 Å². The molecular weight excluding hydrogens is 244 g/mol. The molecule has 1 amide bonds. The van der Waals surface area contributed by atoms with Gasteiger partial charge in [0.25, 0.3) is 0 Å². The predicted molar refractivity (Wildman–Crippen MR) is 74.5 cm³/mol. The fourth-order valence-electron chi connectivity index (χ4n) is 2.35. The highest BCUT2D eigenvalue weighted by atomic mass is 32.2. The van der Waals surface area contributed by atoms with Crippen LogP contribution in [0.4, 0.5) is 0 Å². The number of carbonyl (C=O) groups is 1. The van der Waals surface area contributed by atoms with Crippen molar-refractivity contribution in [3.05, 3.63) is 24.4 Å². The number of hydrogen-bond acceptors (Lipinski definition) is 3. The molecule has 1 N–H and O–H groups in total. The molecule has 1 heterocycles. The first-order valence-electron chi connectivity index (χ1n) is 6.59. The average molecular weight is 264 g/mol. The molecular formula is C14H20N2OS. The first kappa shape index (κ1) is 13.4. The molecule has 0 aliphatic heterocycles. The molecule has 0 aromatic carbocycles. The number of nitrogens with one attached hydrogen (secondary N) is 1. The van der Waals surface area contributed by atoms with Gasteiger partial charge in [-0.15, -0.1) is 0 Å². The highest BCUT2D eigenvalue weighted by Crippen LogP contribution is 2.24. The maximum Gasteiger partial charge on any atom is 0.230 e. The van der Waals surface area contributed by atoms with Crippen LogP contribution in [0.15, 0.2) is 29.4 Å². The lowest BCUT2D eigenvalue weighted by atomic mass is 9.86. The topological polar surface area (TPSA) is 42.0 Å². The summed E-state index contributed by atoms with van der Waals surface area (Å²) in [5, 5.41) is 4.06. The van der Waals surface area contributed by atoms with Gasteiger partial charge in [-0.3, -0.25) is 4.79 Å². The van der Waals surface area contributed by atoms with E-state index in [1.54, 1.807) is 6.20 Å². The Kier molecular flexibility index (Phi) is 5.05. The van der Waals surface area contributed by atoms with Crippen molar-refractivity contribution in [3.8, 4) is 0 Å². The molecule has 1 fully saturated rings. The van der Waals surface area contributed by atoms with Crippen molar-refractivity contribution in [2.75, 3.05) is 5.75 Å². The lowest BCUT2D eigenvalue weighted by Crippen LogP contribution is -2.41. The third-order valence-electron chi connectivity index (χ3n) is 3.45. The minimum Gasteiger partial charge on any atom is -0.352 e. The van der Waals surface area contributed by atoms with Gasteiger partial charge in [0.15, 0.2) is 0 Å². The normalized spacial score (nSPS) is 23.6. The van der Waals surface area contributed by atoms with Gasteiger partial charge in [0.05, 0.1) is 10.8 Å². The fourth-order valence-corrected chi connectivity index (χ4v) is 3.02. The Morgan fingerprint density at radius 2 is 2.28 bits per heavy atom. The maximum atomic E-state index is 11.9. The van der Waals surface area contributed by atoms with E-state index in [0.717, 1.165) is 11.4 Å². The molecule has 0 spiro atoms. The van der Waals surface area contributed by atoms with Crippen LogP contribution in [-0.2, 0) is 4.79 Å². The fraction of sp³-hybridized carbons (Fsp3) is 0.571. The van der Waals surface area contributed by atoms with Crippen LogP contribution < -0.4 is 5.32 Å². The van der Waals surface area contributed by atoms with Crippen LogP contribution in [0.2, 0.25) is 0 Å². The van der Waals surface area contributed by atoms with E-state index in [1.807, 2.05) is 18.2 Å². The summed E-state index contributed by atoms with van der Waals surface area (Å²) in [5.74, 6) is 1.20. The Bertz CT molecular complexity index is 383. The first-order valence-corrected chi connectivity index (χ1v) is 7.57. The van der Waals surface area contributed by atoms with Crippen molar-refractivity contribution in [1.82, 2.24) is 10.3 Å². The van der Waals surface area contributed by atoms with Crippen molar-refractivity contribution >= 4 is 17.7 Å². The monoisotopic (exact) mass is 264 g/mol. The number of amides is 1. The molecule has 0 saturated heterocycles. The maximum absolute atomic E-state index is 11.9. The van der Waals surface area contributed by atoms with Crippen LogP contribution in [-0.4, -0.2) is 22.7 Å². The highest BCUT2D eigenvalue weighted by Gasteiger charge is 2.22. The molecule has 2 rings (SSSR count). The Hall–Kier alpha value is -1.03. The molecule has 4 heteroatoms. The molecule has 98 valence electrons. The van der Waals surface area contributed by atoms with Gasteiger partial charge in [0.2, 0.25) is 5.91 Å². The molecule has 3 nitrogen and oxygen atoms in total. The Morgan fingerprint density at radius 3 is 3.00 bits per heavy atom. The number of rotatable bonds is 4. The predicted octanol–water partition coefficient (Wildman–Crippen LogP) is 2.87. The summed E-state index contributed by atoms with van der Waals surface area (Å²) in [6.07, 6.45) is 6.65. The van der Waals surface area contributed by atoms with Gasteiger partial charge in [0, 0.05) is 12.2 Å². The van der Waals surface area contributed by atoms with Crippen molar-refractivity contribution in [1.29, 1.82) is 0 Å². The number of hydrogen-bond donors (Lipinski definition) is 1. The van der Waals surface area contributed by atoms with E-state index in [4.69, 9.17) is 0 Å². The summed E-state index contributed by atoms with van der Waals surface area (Å²) in [4.78, 5) is 16.1. The Morgan fingerprint density at radius 1 is 1.44 bits per heavy atom. The van der Waals surface area contributed by atoms with Crippen LogP contribution in [0.3, 0.4) is 0 Å². The van der Waals surface area contributed by atoms with Gasteiger partial charge in [-0.25, -0.2) is 4.98 Å². The van der Waals surface area contributed by atoms with Crippen molar-refractivity contribution in [2.24, 2.45) is 5.92 Å². The molecule has 0 radical (unpaired) electrons. The molecule has 0 bridgehead atoms. The average Bonchev–Trinajstić information content (AvgIpc) is 2.40. The van der Waals surface area contributed by atoms with Crippen molar-refractivity contribution in [3.63, 3.8) is 0 Å². The number of aromatic nitrogens is 1. The van der Waals surface area contributed by atoms with E-state index in [2.05, 4.69) is 17.2 Å². The van der Waals surface area contributed by atoms with Crippen molar-refractivity contribution < 1.29 is 4.79 Å². The van der Waals surface area contributed by atoms with E-state index < -0.39 is 0 Å². The molecule has 18 heavy (non-hydrogen) atoms. The minimum atomic E-state index is 0.129. The molecule has 1 saturated carbocycles. The van der Waals surface area contributed by atoms with Gasteiger partial charge in [-0.05, 0) is 30.9 Å². The largest absolute Gasteiger partial charge is 0.352 e. The summed E-state index contributed by atoms with van der Waals surface area (Å²) in [6, 6.07) is 6.13. The van der Waals surface area contributed by atoms with Crippen LogP contribution in [0.1, 0.15) is 32.6 Å². The van der Waals surface area contributed by atoms with E-state index in [1.165, 1.54) is 31.0 Å². The zero-order valence-corrected chi connectivity index (χ0v) is 11.6. The number of carbonyl (C=O) groups excluding carboxylic acids is 1. The molecule has 1 aromatic rings. The first-order chi connectivity index (χ1) is 8.75. The second-order valence-electron chi connectivity index (χ2n) is 4.89. The molecule has 1 aromatic heterocycles. The third kappa shape index (κ3) is 4.02. The summed E-state index contributed by atoms with van der Waals surface area (Å²) < 4.78 is 0. The summed E-state index contributed by atoms with van der Waals surface area (Å²) >= 11 is 1.50. The zero-order chi connectivity index (χ0) is 12.8.